The van der Waals surface area contributed by atoms with Gasteiger partial charge in [0.15, 0.2) is 5.96 Å². The Morgan fingerprint density at radius 1 is 1.08 bits per heavy atom. The Labute approximate surface area is 169 Å². The molecule has 0 saturated carbocycles. The smallest absolute Gasteiger partial charge is 0.253 e. The number of hydrogen-bond donors (Lipinski definition) is 2. The lowest BCUT2D eigenvalue weighted by Crippen LogP contribution is -2.50. The van der Waals surface area contributed by atoms with Gasteiger partial charge in [-0.15, -0.1) is 24.0 Å². The number of benzene rings is 1. The number of hydrogen-bond acceptors (Lipinski definition) is 3. The molecule has 0 saturated heterocycles. The molecule has 2 N–H and O–H groups in total. The summed E-state index contributed by atoms with van der Waals surface area (Å²) in [7, 11) is 9.39. The predicted octanol–water partition coefficient (Wildman–Crippen LogP) is 2.01. The molecule has 1 aromatic rings. The van der Waals surface area contributed by atoms with Crippen LogP contribution in [-0.2, 0) is 6.54 Å². The number of aliphatic imine (C=N–C) groups is 1. The summed E-state index contributed by atoms with van der Waals surface area (Å²) in [4.78, 5) is 19.9. The Morgan fingerprint density at radius 3 is 2.08 bits per heavy atom. The summed E-state index contributed by atoms with van der Waals surface area (Å²) in [5.41, 5.74) is 1.82. The molecule has 1 aromatic carbocycles. The number of nitrogens with zero attached hydrogens (tertiary/aromatic N) is 3. The van der Waals surface area contributed by atoms with Crippen LogP contribution in [0.15, 0.2) is 29.3 Å². The maximum absolute atomic E-state index is 11.9. The van der Waals surface area contributed by atoms with Crippen LogP contribution in [-0.4, -0.2) is 69.0 Å². The van der Waals surface area contributed by atoms with Gasteiger partial charge in [0.2, 0.25) is 0 Å². The first kappa shape index (κ1) is 23.6. The number of carbonyl (C=O) groups excluding carboxylic acids is 1. The van der Waals surface area contributed by atoms with Crippen LogP contribution in [0.2, 0.25) is 0 Å². The Balaban J connectivity index is 0.00000576. The van der Waals surface area contributed by atoms with E-state index < -0.39 is 0 Å². The van der Waals surface area contributed by atoms with Gasteiger partial charge >= 0.3 is 0 Å². The minimum atomic E-state index is 0. The molecule has 0 aromatic heterocycles. The summed E-state index contributed by atoms with van der Waals surface area (Å²) in [6.07, 6.45) is 0. The highest BCUT2D eigenvalue weighted by atomic mass is 127. The summed E-state index contributed by atoms with van der Waals surface area (Å²) >= 11 is 0. The van der Waals surface area contributed by atoms with Crippen LogP contribution in [0.1, 0.15) is 29.8 Å². The Morgan fingerprint density at radius 2 is 1.64 bits per heavy atom. The topological polar surface area (TPSA) is 60.0 Å². The molecule has 1 rings (SSSR count). The number of rotatable bonds is 6. The van der Waals surface area contributed by atoms with Crippen molar-refractivity contribution in [3.8, 4) is 0 Å². The molecule has 0 heterocycles. The van der Waals surface area contributed by atoms with Gasteiger partial charge in [-0.05, 0) is 45.6 Å². The second-order valence-corrected chi connectivity index (χ2v) is 6.88. The van der Waals surface area contributed by atoms with Crippen molar-refractivity contribution in [3.63, 3.8) is 0 Å². The second-order valence-electron chi connectivity index (χ2n) is 6.88. The fourth-order valence-corrected chi connectivity index (χ4v) is 1.89. The van der Waals surface area contributed by atoms with Crippen molar-refractivity contribution in [2.24, 2.45) is 4.99 Å². The SMILES string of the molecule is CN=C(NCc1ccc(C(=O)N(C)C)cc1)NCC(C)(C)N(C)C.I. The molecule has 0 bridgehead atoms. The molecule has 0 spiro atoms. The van der Waals surface area contributed by atoms with Crippen LogP contribution in [0, 0.1) is 0 Å². The first-order chi connectivity index (χ1) is 11.2. The lowest BCUT2D eigenvalue weighted by atomic mass is 10.0. The van der Waals surface area contributed by atoms with Crippen molar-refractivity contribution in [1.29, 1.82) is 0 Å². The quantitative estimate of drug-likeness (QED) is 0.387. The van der Waals surface area contributed by atoms with E-state index in [9.17, 15) is 4.79 Å². The molecule has 25 heavy (non-hydrogen) atoms. The molecule has 0 unspecified atom stereocenters. The zero-order valence-corrected chi connectivity index (χ0v) is 18.7. The molecule has 142 valence electrons. The van der Waals surface area contributed by atoms with Crippen molar-refractivity contribution in [1.82, 2.24) is 20.4 Å². The Kier molecular flexibility index (Phi) is 10.0. The molecule has 1 amide bonds. The zero-order chi connectivity index (χ0) is 18.3. The third-order valence-corrected chi connectivity index (χ3v) is 4.19. The Hall–Kier alpha value is -1.35. The highest BCUT2D eigenvalue weighted by molar-refractivity contribution is 14.0. The van der Waals surface area contributed by atoms with Crippen molar-refractivity contribution in [2.45, 2.75) is 25.9 Å². The number of likely N-dealkylation sites (N-methyl/N-ethyl adjacent to an activating group) is 1. The average Bonchev–Trinajstić information content (AvgIpc) is 2.54. The number of amides is 1. The van der Waals surface area contributed by atoms with Crippen LogP contribution in [0.3, 0.4) is 0 Å². The standard InChI is InChI=1S/C18H31N5O.HI/c1-18(2,23(6)7)13-21-17(19-3)20-12-14-8-10-15(11-9-14)16(24)22(4)5;/h8-11H,12-13H2,1-7H3,(H2,19,20,21);1H. The van der Waals surface area contributed by atoms with Crippen LogP contribution in [0.5, 0.6) is 0 Å². The van der Waals surface area contributed by atoms with Gasteiger partial charge in [-0.2, -0.15) is 0 Å². The maximum Gasteiger partial charge on any atom is 0.253 e. The fraction of sp³-hybridized carbons (Fsp3) is 0.556. The first-order valence-electron chi connectivity index (χ1n) is 8.10. The highest BCUT2D eigenvalue weighted by Crippen LogP contribution is 2.08. The molecular weight excluding hydrogens is 429 g/mol. The van der Waals surface area contributed by atoms with Crippen LogP contribution >= 0.6 is 24.0 Å². The van der Waals surface area contributed by atoms with Crippen molar-refractivity contribution in [2.75, 3.05) is 41.8 Å². The van der Waals surface area contributed by atoms with Crippen LogP contribution in [0.4, 0.5) is 0 Å². The molecule has 0 aliphatic heterocycles. The van der Waals surface area contributed by atoms with E-state index in [4.69, 9.17) is 0 Å². The van der Waals surface area contributed by atoms with Gasteiger partial charge in [0.1, 0.15) is 0 Å². The van der Waals surface area contributed by atoms with Crippen molar-refractivity contribution < 1.29 is 4.79 Å². The first-order valence-corrected chi connectivity index (χ1v) is 8.10. The van der Waals surface area contributed by atoms with E-state index in [-0.39, 0.29) is 35.4 Å². The third kappa shape index (κ3) is 7.60. The summed E-state index contributed by atoms with van der Waals surface area (Å²) in [6, 6.07) is 7.62. The van der Waals surface area contributed by atoms with Crippen molar-refractivity contribution >= 4 is 35.8 Å². The molecule has 0 atom stereocenters. The number of carbonyl (C=O) groups is 1. The number of nitrogens with one attached hydrogen (secondary N) is 2. The van der Waals surface area contributed by atoms with Gasteiger partial charge < -0.3 is 20.4 Å². The summed E-state index contributed by atoms with van der Waals surface area (Å²) in [5.74, 6) is 0.774. The second kappa shape index (κ2) is 10.6. The lowest BCUT2D eigenvalue weighted by Gasteiger charge is -2.33. The fourth-order valence-electron chi connectivity index (χ4n) is 1.89. The molecular formula is C18H32IN5O. The molecule has 6 nitrogen and oxygen atoms in total. The molecule has 0 aliphatic carbocycles. The Bertz CT molecular complexity index is 567. The summed E-state index contributed by atoms with van der Waals surface area (Å²) in [5, 5.41) is 6.64. The normalized spacial score (nSPS) is 11.8. The average molecular weight is 461 g/mol. The summed E-state index contributed by atoms with van der Waals surface area (Å²) < 4.78 is 0. The van der Waals surface area contributed by atoms with Crippen LogP contribution < -0.4 is 10.6 Å². The van der Waals surface area contributed by atoms with E-state index >= 15 is 0 Å². The maximum atomic E-state index is 11.9. The minimum Gasteiger partial charge on any atom is -0.355 e. The van der Waals surface area contributed by atoms with Gasteiger partial charge in [-0.3, -0.25) is 9.79 Å². The van der Waals surface area contributed by atoms with Gasteiger partial charge in [-0.1, -0.05) is 12.1 Å². The molecule has 0 fully saturated rings. The van der Waals surface area contributed by atoms with Gasteiger partial charge in [0, 0.05) is 45.3 Å². The van der Waals surface area contributed by atoms with Crippen molar-refractivity contribution in [3.05, 3.63) is 35.4 Å². The summed E-state index contributed by atoms with van der Waals surface area (Å²) in [6.45, 7) is 5.79. The van der Waals surface area contributed by atoms with Gasteiger partial charge in [0.05, 0.1) is 0 Å². The van der Waals surface area contributed by atoms with Gasteiger partial charge in [0.25, 0.3) is 5.91 Å². The highest BCUT2D eigenvalue weighted by Gasteiger charge is 2.20. The third-order valence-electron chi connectivity index (χ3n) is 4.19. The van der Waals surface area contributed by atoms with E-state index in [1.807, 2.05) is 24.3 Å². The number of halogens is 1. The van der Waals surface area contributed by atoms with E-state index in [1.54, 1.807) is 26.0 Å². The van der Waals surface area contributed by atoms with E-state index in [0.29, 0.717) is 12.1 Å². The number of guanidine groups is 1. The van der Waals surface area contributed by atoms with E-state index in [1.165, 1.54) is 0 Å². The molecule has 7 heteroatoms. The van der Waals surface area contributed by atoms with E-state index in [0.717, 1.165) is 18.1 Å². The van der Waals surface area contributed by atoms with E-state index in [2.05, 4.69) is 48.5 Å². The minimum absolute atomic E-state index is 0. The molecule has 0 aliphatic rings. The predicted molar refractivity (Wildman–Crippen MR) is 116 cm³/mol. The zero-order valence-electron chi connectivity index (χ0n) is 16.4. The van der Waals surface area contributed by atoms with Crippen LogP contribution in [0.25, 0.3) is 0 Å². The monoisotopic (exact) mass is 461 g/mol. The van der Waals surface area contributed by atoms with Gasteiger partial charge in [-0.25, -0.2) is 0 Å². The molecule has 0 radical (unpaired) electrons. The lowest BCUT2D eigenvalue weighted by molar-refractivity contribution is 0.0827. The largest absolute Gasteiger partial charge is 0.355 e.